The summed E-state index contributed by atoms with van der Waals surface area (Å²) in [6.45, 7) is 10.3. The molecule has 1 amide bonds. The van der Waals surface area contributed by atoms with Gasteiger partial charge in [-0.1, -0.05) is 37.0 Å². The van der Waals surface area contributed by atoms with E-state index in [1.54, 1.807) is 0 Å². The predicted octanol–water partition coefficient (Wildman–Crippen LogP) is 3.11. The number of likely N-dealkylation sites (tertiary alicyclic amines) is 1. The Morgan fingerprint density at radius 1 is 1.16 bits per heavy atom. The second-order valence-electron chi connectivity index (χ2n) is 8.82. The van der Waals surface area contributed by atoms with Crippen LogP contribution in [0.5, 0.6) is 0 Å². The molecule has 7 nitrogen and oxygen atoms in total. The van der Waals surface area contributed by atoms with Gasteiger partial charge < -0.3 is 15.0 Å². The number of hydrogen-bond donors (Lipinski definition) is 1. The van der Waals surface area contributed by atoms with E-state index < -0.39 is 15.9 Å². The molecule has 2 fully saturated rings. The Bertz CT molecular complexity index is 896. The molecule has 0 bridgehead atoms. The third-order valence-electron chi connectivity index (χ3n) is 5.71. The number of carbonyl (C=O) groups excluding carboxylic acids is 1. The quantitative estimate of drug-likeness (QED) is 0.661. The van der Waals surface area contributed by atoms with Crippen LogP contribution in [0.4, 0.5) is 0 Å². The van der Waals surface area contributed by atoms with Gasteiger partial charge in [0.2, 0.25) is 10.0 Å². The third kappa shape index (κ3) is 6.12. The average Bonchev–Trinajstić information content (AvgIpc) is 2.67. The number of halogens is 2. The lowest BCUT2D eigenvalue weighted by Crippen LogP contribution is -2.47. The van der Waals surface area contributed by atoms with Gasteiger partial charge >= 0.3 is 0 Å². The molecular formula is C21H31Cl2N3O4S. The zero-order valence-corrected chi connectivity index (χ0v) is 20.6. The van der Waals surface area contributed by atoms with Crippen LogP contribution in [0.2, 0.25) is 10.0 Å². The monoisotopic (exact) mass is 491 g/mol. The van der Waals surface area contributed by atoms with E-state index >= 15 is 0 Å². The van der Waals surface area contributed by atoms with Crippen LogP contribution >= 0.6 is 23.2 Å². The van der Waals surface area contributed by atoms with Crippen molar-refractivity contribution < 1.29 is 17.9 Å². The second-order valence-corrected chi connectivity index (χ2v) is 11.5. The molecule has 3 rings (SSSR count). The first-order valence-corrected chi connectivity index (χ1v) is 12.9. The number of ether oxygens (including phenoxy) is 1. The van der Waals surface area contributed by atoms with E-state index in [9.17, 15) is 13.2 Å². The molecule has 1 N–H and O–H groups in total. The van der Waals surface area contributed by atoms with Crippen LogP contribution in [-0.2, 0) is 14.8 Å². The maximum absolute atomic E-state index is 13.0. The largest absolute Gasteiger partial charge is 0.379 e. The number of carbonyl (C=O) groups is 1. The van der Waals surface area contributed by atoms with E-state index in [1.807, 2.05) is 6.92 Å². The van der Waals surface area contributed by atoms with Gasteiger partial charge in [-0.2, -0.15) is 4.31 Å². The highest BCUT2D eigenvalue weighted by Crippen LogP contribution is 2.31. The average molecular weight is 492 g/mol. The smallest absolute Gasteiger partial charge is 0.253 e. The normalized spacial score (nSPS) is 24.7. The molecule has 1 aromatic rings. The van der Waals surface area contributed by atoms with Gasteiger partial charge in [0, 0.05) is 38.8 Å². The Morgan fingerprint density at radius 2 is 1.77 bits per heavy atom. The molecule has 0 aliphatic carbocycles. The molecule has 10 heteroatoms. The summed E-state index contributed by atoms with van der Waals surface area (Å²) in [6, 6.07) is 2.49. The second kappa shape index (κ2) is 10.4. The van der Waals surface area contributed by atoms with Gasteiger partial charge in [-0.15, -0.1) is 0 Å². The summed E-state index contributed by atoms with van der Waals surface area (Å²) < 4.78 is 32.6. The molecule has 2 heterocycles. The van der Waals surface area contributed by atoms with Gasteiger partial charge in [-0.25, -0.2) is 8.42 Å². The van der Waals surface area contributed by atoms with Gasteiger partial charge in [0.25, 0.3) is 5.91 Å². The van der Waals surface area contributed by atoms with E-state index in [0.29, 0.717) is 25.0 Å². The fourth-order valence-corrected chi connectivity index (χ4v) is 6.74. The van der Waals surface area contributed by atoms with Crippen LogP contribution < -0.4 is 5.32 Å². The zero-order valence-electron chi connectivity index (χ0n) is 18.2. The van der Waals surface area contributed by atoms with E-state index in [0.717, 1.165) is 19.6 Å². The van der Waals surface area contributed by atoms with Crippen molar-refractivity contribution in [3.8, 4) is 0 Å². The van der Waals surface area contributed by atoms with Crippen molar-refractivity contribution in [2.75, 3.05) is 45.9 Å². The lowest BCUT2D eigenvalue weighted by molar-refractivity contribution is 0.0730. The highest BCUT2D eigenvalue weighted by atomic mass is 35.5. The fourth-order valence-electron chi connectivity index (χ4n) is 4.50. The van der Waals surface area contributed by atoms with Crippen LogP contribution in [0.1, 0.15) is 37.6 Å². The topological polar surface area (TPSA) is 79.0 Å². The molecule has 0 aromatic heterocycles. The maximum atomic E-state index is 13.0. The number of hydrogen-bond acceptors (Lipinski definition) is 5. The van der Waals surface area contributed by atoms with Crippen LogP contribution in [0.15, 0.2) is 17.0 Å². The molecule has 0 radical (unpaired) electrons. The molecule has 3 atom stereocenters. The molecule has 2 saturated heterocycles. The minimum absolute atomic E-state index is 0.00242. The van der Waals surface area contributed by atoms with Crippen molar-refractivity contribution in [1.29, 1.82) is 0 Å². The molecule has 1 aromatic carbocycles. The molecule has 0 spiro atoms. The summed E-state index contributed by atoms with van der Waals surface area (Å²) in [7, 11) is -3.85. The molecule has 0 saturated carbocycles. The zero-order chi connectivity index (χ0) is 22.8. The lowest BCUT2D eigenvalue weighted by atomic mass is 9.92. The summed E-state index contributed by atoms with van der Waals surface area (Å²) in [5.41, 5.74) is 0.102. The van der Waals surface area contributed by atoms with E-state index in [2.05, 4.69) is 24.1 Å². The summed E-state index contributed by atoms with van der Waals surface area (Å²) in [5.74, 6) is 0.848. The number of morpholine rings is 1. The molecule has 31 heavy (non-hydrogen) atoms. The summed E-state index contributed by atoms with van der Waals surface area (Å²) >= 11 is 12.5. The predicted molar refractivity (Wildman–Crippen MR) is 122 cm³/mol. The Labute approximate surface area is 195 Å². The van der Waals surface area contributed by atoms with Crippen LogP contribution in [0.3, 0.4) is 0 Å². The van der Waals surface area contributed by atoms with E-state index in [1.165, 1.54) is 22.9 Å². The highest BCUT2D eigenvalue weighted by molar-refractivity contribution is 7.89. The molecule has 2 aliphatic rings. The molecule has 2 aliphatic heterocycles. The van der Waals surface area contributed by atoms with Crippen molar-refractivity contribution in [3.63, 3.8) is 0 Å². The van der Waals surface area contributed by atoms with Crippen LogP contribution in [0.25, 0.3) is 0 Å². The van der Waals surface area contributed by atoms with Crippen molar-refractivity contribution in [2.45, 2.75) is 38.1 Å². The van der Waals surface area contributed by atoms with Gasteiger partial charge in [-0.3, -0.25) is 4.79 Å². The van der Waals surface area contributed by atoms with Crippen molar-refractivity contribution in [1.82, 2.24) is 14.5 Å². The third-order valence-corrected chi connectivity index (χ3v) is 8.38. The van der Waals surface area contributed by atoms with Crippen molar-refractivity contribution in [3.05, 3.63) is 27.7 Å². The van der Waals surface area contributed by atoms with Gasteiger partial charge in [0.1, 0.15) is 4.90 Å². The number of amides is 1. The first-order valence-electron chi connectivity index (χ1n) is 10.7. The fraction of sp³-hybridized carbons (Fsp3) is 0.667. The minimum atomic E-state index is -3.85. The van der Waals surface area contributed by atoms with Gasteiger partial charge in [0.05, 0.1) is 28.8 Å². The highest BCUT2D eigenvalue weighted by Gasteiger charge is 2.30. The van der Waals surface area contributed by atoms with Gasteiger partial charge in [-0.05, 0) is 37.3 Å². The first-order chi connectivity index (χ1) is 14.6. The van der Waals surface area contributed by atoms with Crippen molar-refractivity contribution >= 4 is 39.1 Å². The minimum Gasteiger partial charge on any atom is -0.379 e. The summed E-state index contributed by atoms with van der Waals surface area (Å²) in [6.07, 6.45) is 1.22. The Balaban J connectivity index is 1.74. The SMILES string of the molecule is CC1CC(C)CN(CC(C)NC(=O)c2cc(S(=O)(=O)N3CCOCC3)c(Cl)cc2Cl)C1. The molecule has 3 unspecified atom stereocenters. The maximum Gasteiger partial charge on any atom is 0.253 e. The number of piperidine rings is 1. The lowest BCUT2D eigenvalue weighted by Gasteiger charge is -2.36. The van der Waals surface area contributed by atoms with Crippen LogP contribution in [-0.4, -0.2) is 75.5 Å². The number of rotatable bonds is 6. The number of nitrogens with one attached hydrogen (secondary N) is 1. The molecule has 174 valence electrons. The summed E-state index contributed by atoms with van der Waals surface area (Å²) in [4.78, 5) is 15.2. The number of nitrogens with zero attached hydrogens (tertiary/aromatic N) is 2. The van der Waals surface area contributed by atoms with E-state index in [-0.39, 0.29) is 39.6 Å². The van der Waals surface area contributed by atoms with E-state index in [4.69, 9.17) is 27.9 Å². The first kappa shape index (κ1) is 24.7. The summed E-state index contributed by atoms with van der Waals surface area (Å²) in [5, 5.41) is 3.07. The van der Waals surface area contributed by atoms with Crippen molar-refractivity contribution in [2.24, 2.45) is 11.8 Å². The van der Waals surface area contributed by atoms with Gasteiger partial charge in [0.15, 0.2) is 0 Å². The molecular weight excluding hydrogens is 461 g/mol. The Kier molecular flexibility index (Phi) is 8.27. The van der Waals surface area contributed by atoms with Crippen LogP contribution in [0, 0.1) is 11.8 Å². The Morgan fingerprint density at radius 3 is 2.39 bits per heavy atom. The standard InChI is InChI=1S/C21H31Cl2N3O4S/c1-14-8-15(2)12-25(11-14)13-16(3)24-21(27)17-9-20(19(23)10-18(17)22)31(28,29)26-4-6-30-7-5-26/h9-10,14-16H,4-8,11-13H2,1-3H3,(H,24,27). The number of benzene rings is 1. The Hall–Kier alpha value is -0.900. The number of sulfonamides is 1.